The Morgan fingerprint density at radius 1 is 1.32 bits per heavy atom. The molecule has 2 heterocycles. The van der Waals surface area contributed by atoms with E-state index >= 15 is 0 Å². The second-order valence-corrected chi connectivity index (χ2v) is 5.06. The van der Waals surface area contributed by atoms with E-state index in [1.54, 1.807) is 0 Å². The van der Waals surface area contributed by atoms with Crippen LogP contribution in [0.4, 0.5) is 6.01 Å². The van der Waals surface area contributed by atoms with Crippen molar-refractivity contribution in [3.8, 4) is 0 Å². The summed E-state index contributed by atoms with van der Waals surface area (Å²) in [7, 11) is 1.96. The van der Waals surface area contributed by atoms with Crippen molar-refractivity contribution in [1.82, 2.24) is 19.9 Å². The van der Waals surface area contributed by atoms with Gasteiger partial charge in [-0.3, -0.25) is 4.68 Å². The molecule has 2 aromatic rings. The molecule has 19 heavy (non-hydrogen) atoms. The van der Waals surface area contributed by atoms with Crippen molar-refractivity contribution >= 4 is 6.01 Å². The summed E-state index contributed by atoms with van der Waals surface area (Å²) < 4.78 is 7.05. The van der Waals surface area contributed by atoms with Gasteiger partial charge in [-0.1, -0.05) is 19.0 Å². The van der Waals surface area contributed by atoms with Crippen molar-refractivity contribution in [2.24, 2.45) is 7.05 Å². The molecular formula is C13H21N5O. The summed E-state index contributed by atoms with van der Waals surface area (Å²) >= 11 is 0. The Morgan fingerprint density at radius 2 is 2.05 bits per heavy atom. The fourth-order valence-corrected chi connectivity index (χ4v) is 2.01. The van der Waals surface area contributed by atoms with Gasteiger partial charge >= 0.3 is 6.01 Å². The fourth-order valence-electron chi connectivity index (χ4n) is 2.01. The number of hydrogen-bond acceptors (Lipinski definition) is 5. The van der Waals surface area contributed by atoms with Gasteiger partial charge in [-0.2, -0.15) is 10.1 Å². The van der Waals surface area contributed by atoms with Gasteiger partial charge in [0, 0.05) is 25.2 Å². The van der Waals surface area contributed by atoms with Crippen LogP contribution in [0.2, 0.25) is 0 Å². The van der Waals surface area contributed by atoms with Crippen LogP contribution < -0.4 is 5.32 Å². The van der Waals surface area contributed by atoms with E-state index in [-0.39, 0.29) is 5.92 Å². The second kappa shape index (κ2) is 5.42. The van der Waals surface area contributed by atoms with Crippen LogP contribution in [0.1, 0.15) is 42.5 Å². The van der Waals surface area contributed by atoms with Gasteiger partial charge in [0.2, 0.25) is 0 Å². The van der Waals surface area contributed by atoms with Crippen molar-refractivity contribution in [1.29, 1.82) is 0 Å². The molecule has 0 aliphatic heterocycles. The van der Waals surface area contributed by atoms with Crippen LogP contribution in [-0.4, -0.2) is 26.5 Å². The van der Waals surface area contributed by atoms with Crippen LogP contribution in [0, 0.1) is 13.8 Å². The minimum absolute atomic E-state index is 0.280. The molecule has 0 aliphatic carbocycles. The van der Waals surface area contributed by atoms with E-state index in [9.17, 15) is 0 Å². The molecular weight excluding hydrogens is 242 g/mol. The third-order valence-electron chi connectivity index (χ3n) is 3.27. The van der Waals surface area contributed by atoms with Gasteiger partial charge in [0.15, 0.2) is 5.82 Å². The van der Waals surface area contributed by atoms with E-state index in [0.29, 0.717) is 6.01 Å². The summed E-state index contributed by atoms with van der Waals surface area (Å²) in [6, 6.07) is 0.489. The molecule has 0 radical (unpaired) electrons. The number of aryl methyl sites for hydroxylation is 2. The van der Waals surface area contributed by atoms with Gasteiger partial charge in [0.25, 0.3) is 0 Å². The van der Waals surface area contributed by atoms with Gasteiger partial charge in [0.05, 0.1) is 5.69 Å². The molecule has 0 bridgehead atoms. The quantitative estimate of drug-likeness (QED) is 0.895. The van der Waals surface area contributed by atoms with Crippen LogP contribution in [0.15, 0.2) is 4.52 Å². The van der Waals surface area contributed by atoms with Crippen LogP contribution >= 0.6 is 0 Å². The Labute approximate surface area is 113 Å². The SMILES string of the molecule is Cc1nn(C)c(C)c1CCNc1nc(C(C)C)no1. The standard InChI is InChI=1S/C13H21N5O/c1-8(2)12-15-13(19-17-12)14-7-6-11-9(3)16-18(5)10(11)4/h8H,6-7H2,1-5H3,(H,14,15,17). The van der Waals surface area contributed by atoms with Gasteiger partial charge in [-0.15, -0.1) is 0 Å². The van der Waals surface area contributed by atoms with Crippen LogP contribution in [0.3, 0.4) is 0 Å². The molecule has 0 amide bonds. The van der Waals surface area contributed by atoms with E-state index in [1.807, 2.05) is 32.5 Å². The van der Waals surface area contributed by atoms with Crippen LogP contribution in [0.5, 0.6) is 0 Å². The smallest absolute Gasteiger partial charge is 0.321 e. The van der Waals surface area contributed by atoms with Crippen LogP contribution in [0.25, 0.3) is 0 Å². The summed E-state index contributed by atoms with van der Waals surface area (Å²) in [4.78, 5) is 4.28. The van der Waals surface area contributed by atoms with E-state index in [4.69, 9.17) is 4.52 Å². The summed E-state index contributed by atoms with van der Waals surface area (Å²) in [5.74, 6) is 1.01. The highest BCUT2D eigenvalue weighted by molar-refractivity contribution is 5.27. The zero-order valence-electron chi connectivity index (χ0n) is 12.2. The molecule has 6 heteroatoms. The lowest BCUT2D eigenvalue weighted by molar-refractivity contribution is 0.419. The minimum Gasteiger partial charge on any atom is -0.337 e. The fraction of sp³-hybridized carbons (Fsp3) is 0.615. The molecule has 0 atom stereocenters. The second-order valence-electron chi connectivity index (χ2n) is 5.06. The van der Waals surface area contributed by atoms with E-state index in [0.717, 1.165) is 24.5 Å². The van der Waals surface area contributed by atoms with Crippen molar-refractivity contribution in [3.05, 3.63) is 22.8 Å². The molecule has 0 saturated heterocycles. The summed E-state index contributed by atoms with van der Waals surface area (Å²) in [5, 5.41) is 11.5. The third-order valence-corrected chi connectivity index (χ3v) is 3.27. The monoisotopic (exact) mass is 263 g/mol. The Morgan fingerprint density at radius 3 is 2.58 bits per heavy atom. The highest BCUT2D eigenvalue weighted by Gasteiger charge is 2.11. The van der Waals surface area contributed by atoms with E-state index in [2.05, 4.69) is 27.5 Å². The Kier molecular flexibility index (Phi) is 3.87. The lowest BCUT2D eigenvalue weighted by Gasteiger charge is -2.02. The molecule has 0 saturated carbocycles. The van der Waals surface area contributed by atoms with Crippen molar-refractivity contribution in [2.75, 3.05) is 11.9 Å². The maximum atomic E-state index is 5.14. The average Bonchev–Trinajstić information content (AvgIpc) is 2.90. The largest absolute Gasteiger partial charge is 0.337 e. The highest BCUT2D eigenvalue weighted by atomic mass is 16.5. The summed E-state index contributed by atoms with van der Waals surface area (Å²) in [5.41, 5.74) is 3.56. The highest BCUT2D eigenvalue weighted by Crippen LogP contribution is 2.14. The van der Waals surface area contributed by atoms with E-state index < -0.39 is 0 Å². The molecule has 1 N–H and O–H groups in total. The molecule has 104 valence electrons. The lowest BCUT2D eigenvalue weighted by atomic mass is 10.1. The van der Waals surface area contributed by atoms with Crippen molar-refractivity contribution < 1.29 is 4.52 Å². The Hall–Kier alpha value is -1.85. The van der Waals surface area contributed by atoms with Crippen molar-refractivity contribution in [2.45, 2.75) is 40.0 Å². The van der Waals surface area contributed by atoms with Crippen LogP contribution in [-0.2, 0) is 13.5 Å². The number of aromatic nitrogens is 4. The van der Waals surface area contributed by atoms with Gasteiger partial charge in [0.1, 0.15) is 0 Å². The van der Waals surface area contributed by atoms with Gasteiger partial charge < -0.3 is 9.84 Å². The number of rotatable bonds is 5. The molecule has 6 nitrogen and oxygen atoms in total. The molecule has 0 aliphatic rings. The summed E-state index contributed by atoms with van der Waals surface area (Å²) in [6.45, 7) is 8.95. The number of nitrogens with zero attached hydrogens (tertiary/aromatic N) is 4. The van der Waals surface area contributed by atoms with Gasteiger partial charge in [-0.05, 0) is 25.8 Å². The topological polar surface area (TPSA) is 68.8 Å². The normalized spacial score (nSPS) is 11.3. The minimum atomic E-state index is 0.280. The van der Waals surface area contributed by atoms with Crippen molar-refractivity contribution in [3.63, 3.8) is 0 Å². The predicted octanol–water partition coefficient (Wildman–Crippen LogP) is 2.20. The predicted molar refractivity (Wildman–Crippen MR) is 73.3 cm³/mol. The zero-order valence-corrected chi connectivity index (χ0v) is 12.2. The maximum absolute atomic E-state index is 5.14. The first kappa shape index (κ1) is 13.6. The molecule has 0 spiro atoms. The Bertz CT molecular complexity index is 555. The molecule has 2 rings (SSSR count). The van der Waals surface area contributed by atoms with E-state index in [1.165, 1.54) is 11.3 Å². The maximum Gasteiger partial charge on any atom is 0.321 e. The average molecular weight is 263 g/mol. The number of anilines is 1. The Balaban J connectivity index is 1.92. The molecule has 0 fully saturated rings. The first-order valence-electron chi connectivity index (χ1n) is 6.55. The zero-order chi connectivity index (χ0) is 14.0. The molecule has 0 aromatic carbocycles. The third kappa shape index (κ3) is 2.94. The number of hydrogen-bond donors (Lipinski definition) is 1. The van der Waals surface area contributed by atoms with Gasteiger partial charge in [-0.25, -0.2) is 0 Å². The molecule has 0 unspecified atom stereocenters. The first-order valence-corrected chi connectivity index (χ1v) is 6.55. The first-order chi connectivity index (χ1) is 8.99. The summed E-state index contributed by atoms with van der Waals surface area (Å²) in [6.07, 6.45) is 0.894. The lowest BCUT2D eigenvalue weighted by Crippen LogP contribution is -2.06. The number of nitrogens with one attached hydrogen (secondary N) is 1. The molecule has 2 aromatic heterocycles.